The van der Waals surface area contributed by atoms with E-state index in [-0.39, 0.29) is 5.75 Å². The van der Waals surface area contributed by atoms with Crippen LogP contribution < -0.4 is 10.3 Å². The Kier molecular flexibility index (Phi) is 6.87. The van der Waals surface area contributed by atoms with Gasteiger partial charge in [-0.15, -0.1) is 0 Å². The first kappa shape index (κ1) is 17.6. The highest BCUT2D eigenvalue weighted by atomic mass is 16.6. The molecule has 0 fully saturated rings. The predicted molar refractivity (Wildman–Crippen MR) is 98.8 cm³/mol. The largest absolute Gasteiger partial charge is 0.504 e. The maximum absolute atomic E-state index is 9.64. The van der Waals surface area contributed by atoms with Gasteiger partial charge in [-0.05, 0) is 34.9 Å². The van der Waals surface area contributed by atoms with Crippen LogP contribution in [-0.4, -0.2) is 5.11 Å². The molecule has 3 aromatic rings. The highest BCUT2D eigenvalue weighted by molar-refractivity contribution is 5.63. The Morgan fingerprint density at radius 1 is 0.792 bits per heavy atom. The first-order chi connectivity index (χ1) is 11.8. The van der Waals surface area contributed by atoms with Crippen molar-refractivity contribution in [2.45, 2.75) is 20.4 Å². The summed E-state index contributed by atoms with van der Waals surface area (Å²) >= 11 is 0. The van der Waals surface area contributed by atoms with E-state index in [1.165, 1.54) is 11.1 Å². The van der Waals surface area contributed by atoms with Gasteiger partial charge in [0.25, 0.3) is 0 Å². The van der Waals surface area contributed by atoms with Crippen LogP contribution in [0.15, 0.2) is 78.9 Å². The standard InChI is InChI=1S/C19H17NO2.C2H6/c21-18-11-4-5-12-19(18)22-20-14-15-7-6-10-17(13-15)16-8-2-1-3-9-16;1-2/h1-13,20-21H,14H2;1-2H3. The van der Waals surface area contributed by atoms with Crippen LogP contribution in [0.4, 0.5) is 0 Å². The number of nitrogens with one attached hydrogen (secondary N) is 1. The molecule has 0 atom stereocenters. The molecule has 3 heteroatoms. The van der Waals surface area contributed by atoms with Crippen LogP contribution in [0, 0.1) is 0 Å². The molecule has 3 aromatic carbocycles. The van der Waals surface area contributed by atoms with Gasteiger partial charge in [-0.25, -0.2) is 0 Å². The van der Waals surface area contributed by atoms with E-state index in [1.807, 2.05) is 50.2 Å². The van der Waals surface area contributed by atoms with E-state index in [0.29, 0.717) is 12.3 Å². The summed E-state index contributed by atoms with van der Waals surface area (Å²) in [6.07, 6.45) is 0. The molecule has 0 unspecified atom stereocenters. The van der Waals surface area contributed by atoms with Gasteiger partial charge in [-0.2, -0.15) is 5.48 Å². The van der Waals surface area contributed by atoms with Crippen LogP contribution in [0.3, 0.4) is 0 Å². The Balaban J connectivity index is 0.00000100. The monoisotopic (exact) mass is 321 g/mol. The third-order valence-corrected chi connectivity index (χ3v) is 3.36. The van der Waals surface area contributed by atoms with Gasteiger partial charge in [0.15, 0.2) is 11.5 Å². The predicted octanol–water partition coefficient (Wildman–Crippen LogP) is 5.17. The molecule has 0 amide bonds. The number of phenolic OH excluding ortho intramolecular Hbond substituents is 1. The summed E-state index contributed by atoms with van der Waals surface area (Å²) in [5.74, 6) is 0.537. The molecule has 24 heavy (non-hydrogen) atoms. The van der Waals surface area contributed by atoms with Crippen molar-refractivity contribution in [1.29, 1.82) is 0 Å². The van der Waals surface area contributed by atoms with Crippen molar-refractivity contribution in [1.82, 2.24) is 5.48 Å². The zero-order valence-electron chi connectivity index (χ0n) is 14.1. The van der Waals surface area contributed by atoms with Crippen LogP contribution in [0.25, 0.3) is 11.1 Å². The second kappa shape index (κ2) is 9.38. The molecule has 0 radical (unpaired) electrons. The molecule has 0 saturated carbocycles. The van der Waals surface area contributed by atoms with Crippen molar-refractivity contribution in [2.24, 2.45) is 0 Å². The van der Waals surface area contributed by atoms with Gasteiger partial charge in [0, 0.05) is 0 Å². The van der Waals surface area contributed by atoms with E-state index in [4.69, 9.17) is 4.84 Å². The van der Waals surface area contributed by atoms with Crippen LogP contribution in [-0.2, 0) is 6.54 Å². The van der Waals surface area contributed by atoms with E-state index in [9.17, 15) is 5.11 Å². The maximum atomic E-state index is 9.64. The molecular weight excluding hydrogens is 298 g/mol. The fraction of sp³-hybridized carbons (Fsp3) is 0.143. The van der Waals surface area contributed by atoms with Gasteiger partial charge in [0.1, 0.15) is 0 Å². The smallest absolute Gasteiger partial charge is 0.188 e. The number of phenols is 1. The second-order valence-electron chi connectivity index (χ2n) is 4.96. The van der Waals surface area contributed by atoms with Crippen LogP contribution in [0.1, 0.15) is 19.4 Å². The number of hydrogen-bond donors (Lipinski definition) is 2. The molecule has 0 aliphatic rings. The quantitative estimate of drug-likeness (QED) is 0.637. The zero-order chi connectivity index (χ0) is 17.2. The van der Waals surface area contributed by atoms with Crippen LogP contribution in [0.5, 0.6) is 11.5 Å². The highest BCUT2D eigenvalue weighted by Gasteiger charge is 2.02. The molecule has 2 N–H and O–H groups in total. The van der Waals surface area contributed by atoms with E-state index in [2.05, 4.69) is 29.7 Å². The molecule has 0 aliphatic heterocycles. The summed E-state index contributed by atoms with van der Waals surface area (Å²) in [6.45, 7) is 4.55. The minimum Gasteiger partial charge on any atom is -0.504 e. The fourth-order valence-electron chi connectivity index (χ4n) is 2.23. The minimum absolute atomic E-state index is 0.119. The molecule has 124 valence electrons. The van der Waals surface area contributed by atoms with Gasteiger partial charge in [-0.3, -0.25) is 0 Å². The molecule has 3 nitrogen and oxygen atoms in total. The molecule has 0 heterocycles. The van der Waals surface area contributed by atoms with E-state index in [0.717, 1.165) is 5.56 Å². The Hall–Kier alpha value is -2.78. The molecular formula is C21H23NO2. The van der Waals surface area contributed by atoms with Gasteiger partial charge in [0.05, 0.1) is 6.54 Å². The third-order valence-electron chi connectivity index (χ3n) is 3.36. The van der Waals surface area contributed by atoms with Gasteiger partial charge < -0.3 is 9.94 Å². The summed E-state index contributed by atoms with van der Waals surface area (Å²) in [6, 6.07) is 25.4. The van der Waals surface area contributed by atoms with E-state index >= 15 is 0 Å². The number of aromatic hydroxyl groups is 1. The van der Waals surface area contributed by atoms with E-state index < -0.39 is 0 Å². The summed E-state index contributed by atoms with van der Waals surface area (Å²) in [4.78, 5) is 5.39. The molecule has 3 rings (SSSR count). The van der Waals surface area contributed by atoms with Crippen molar-refractivity contribution >= 4 is 0 Å². The number of benzene rings is 3. The number of para-hydroxylation sites is 2. The fourth-order valence-corrected chi connectivity index (χ4v) is 2.23. The normalized spacial score (nSPS) is 9.75. The SMILES string of the molecule is CC.Oc1ccccc1ONCc1cccc(-c2ccccc2)c1. The molecule has 0 bridgehead atoms. The molecule has 0 aliphatic carbocycles. The van der Waals surface area contributed by atoms with Gasteiger partial charge in [0.2, 0.25) is 0 Å². The average Bonchev–Trinajstić information content (AvgIpc) is 2.66. The number of rotatable bonds is 5. The van der Waals surface area contributed by atoms with Gasteiger partial charge >= 0.3 is 0 Å². The second-order valence-corrected chi connectivity index (χ2v) is 4.96. The summed E-state index contributed by atoms with van der Waals surface area (Å²) in [5.41, 5.74) is 6.34. The summed E-state index contributed by atoms with van der Waals surface area (Å²) in [5, 5.41) is 9.64. The van der Waals surface area contributed by atoms with Gasteiger partial charge in [-0.1, -0.05) is 74.5 Å². The van der Waals surface area contributed by atoms with Crippen molar-refractivity contribution < 1.29 is 9.94 Å². The third kappa shape index (κ3) is 4.86. The summed E-state index contributed by atoms with van der Waals surface area (Å²) < 4.78 is 0. The highest BCUT2D eigenvalue weighted by Crippen LogP contribution is 2.24. The lowest BCUT2D eigenvalue weighted by Crippen LogP contribution is -2.17. The Labute approximate surface area is 143 Å². The van der Waals surface area contributed by atoms with Crippen LogP contribution >= 0.6 is 0 Å². The summed E-state index contributed by atoms with van der Waals surface area (Å²) in [7, 11) is 0. The van der Waals surface area contributed by atoms with Crippen molar-refractivity contribution in [3.63, 3.8) is 0 Å². The topological polar surface area (TPSA) is 41.5 Å². The average molecular weight is 321 g/mol. The first-order valence-corrected chi connectivity index (χ1v) is 8.15. The molecule has 0 saturated heterocycles. The lowest BCUT2D eigenvalue weighted by molar-refractivity contribution is 0.183. The molecule has 0 spiro atoms. The minimum atomic E-state index is 0.119. The van der Waals surface area contributed by atoms with Crippen molar-refractivity contribution in [2.75, 3.05) is 0 Å². The molecule has 0 aromatic heterocycles. The van der Waals surface area contributed by atoms with Crippen molar-refractivity contribution in [3.8, 4) is 22.6 Å². The Bertz CT molecular complexity index is 742. The van der Waals surface area contributed by atoms with Crippen LogP contribution in [0.2, 0.25) is 0 Å². The zero-order valence-corrected chi connectivity index (χ0v) is 14.1. The Morgan fingerprint density at radius 2 is 1.46 bits per heavy atom. The van der Waals surface area contributed by atoms with E-state index in [1.54, 1.807) is 18.2 Å². The lowest BCUT2D eigenvalue weighted by atomic mass is 10.0. The Morgan fingerprint density at radius 3 is 2.21 bits per heavy atom. The first-order valence-electron chi connectivity index (χ1n) is 8.15. The lowest BCUT2D eigenvalue weighted by Gasteiger charge is -2.09. The number of hydroxylamine groups is 1. The maximum Gasteiger partial charge on any atom is 0.188 e. The van der Waals surface area contributed by atoms with Crippen molar-refractivity contribution in [3.05, 3.63) is 84.4 Å². The number of hydrogen-bond acceptors (Lipinski definition) is 3.